The Morgan fingerprint density at radius 2 is 1.69 bits per heavy atom. The summed E-state index contributed by atoms with van der Waals surface area (Å²) in [4.78, 5) is 65.7. The van der Waals surface area contributed by atoms with E-state index in [9.17, 15) is 29.3 Å². The first kappa shape index (κ1) is 37.0. The lowest BCUT2D eigenvalue weighted by Crippen LogP contribution is -2.30. The highest BCUT2D eigenvalue weighted by Gasteiger charge is 2.28. The van der Waals surface area contributed by atoms with E-state index in [0.717, 1.165) is 47.4 Å². The molecule has 0 bridgehead atoms. The number of anilines is 2. The zero-order chi connectivity index (χ0) is 36.3. The van der Waals surface area contributed by atoms with Gasteiger partial charge in [-0.15, -0.1) is 23.1 Å². The maximum Gasteiger partial charge on any atom is 0.341 e. The van der Waals surface area contributed by atoms with Crippen molar-refractivity contribution < 1.29 is 28.8 Å². The third-order valence-electron chi connectivity index (χ3n) is 8.11. The van der Waals surface area contributed by atoms with Crippen LogP contribution in [-0.2, 0) is 27.2 Å². The minimum Gasteiger partial charge on any atom is -0.462 e. The number of thioether (sulfide) groups is 1. The Bertz CT molecular complexity index is 1940. The molecule has 0 aliphatic heterocycles. The number of nitrogens with one attached hydrogen (secondary N) is 3. The van der Waals surface area contributed by atoms with Crippen LogP contribution in [0.25, 0.3) is 6.08 Å². The molecule has 3 amide bonds. The molecule has 1 aromatic heterocycles. The van der Waals surface area contributed by atoms with Crippen molar-refractivity contribution >= 4 is 69.2 Å². The molecule has 4 aromatic rings. The summed E-state index contributed by atoms with van der Waals surface area (Å²) in [5, 5.41) is 19.6. The van der Waals surface area contributed by atoms with Gasteiger partial charge in [-0.3, -0.25) is 24.5 Å². The quantitative estimate of drug-likeness (QED) is 0.0312. The molecule has 0 radical (unpaired) electrons. The van der Waals surface area contributed by atoms with E-state index in [0.29, 0.717) is 33.8 Å². The summed E-state index contributed by atoms with van der Waals surface area (Å²) in [7, 11) is 0. The zero-order valence-corrected chi connectivity index (χ0v) is 29.9. The molecule has 13 heteroatoms. The van der Waals surface area contributed by atoms with Gasteiger partial charge in [0.1, 0.15) is 10.7 Å². The maximum atomic E-state index is 13.6. The van der Waals surface area contributed by atoms with Gasteiger partial charge in [-0.1, -0.05) is 37.6 Å². The van der Waals surface area contributed by atoms with Gasteiger partial charge in [-0.05, 0) is 98.7 Å². The molecular formula is C38H38N4O7S2. The average molecular weight is 727 g/mol. The van der Waals surface area contributed by atoms with Gasteiger partial charge in [0.25, 0.3) is 17.5 Å². The van der Waals surface area contributed by atoms with Crippen molar-refractivity contribution in [3.05, 3.63) is 122 Å². The zero-order valence-electron chi connectivity index (χ0n) is 28.2. The Hall–Kier alpha value is -5.27. The number of non-ortho nitro benzene ring substituents is 1. The van der Waals surface area contributed by atoms with E-state index in [1.165, 1.54) is 53.4 Å². The van der Waals surface area contributed by atoms with E-state index in [1.54, 1.807) is 55.5 Å². The monoisotopic (exact) mass is 726 g/mol. The lowest BCUT2D eigenvalue weighted by molar-refractivity contribution is -0.384. The van der Waals surface area contributed by atoms with Crippen molar-refractivity contribution in [1.82, 2.24) is 5.32 Å². The first-order valence-electron chi connectivity index (χ1n) is 16.7. The number of rotatable bonds is 13. The molecule has 11 nitrogen and oxygen atoms in total. The summed E-state index contributed by atoms with van der Waals surface area (Å²) >= 11 is 2.78. The molecule has 0 spiro atoms. The second kappa shape index (κ2) is 17.6. The van der Waals surface area contributed by atoms with Crippen LogP contribution in [0.15, 0.2) is 89.5 Å². The van der Waals surface area contributed by atoms with E-state index in [1.807, 2.05) is 13.0 Å². The smallest absolute Gasteiger partial charge is 0.341 e. The molecule has 1 atom stereocenters. The number of carbonyl (C=O) groups excluding carboxylic acids is 4. The molecule has 5 rings (SSSR count). The number of ether oxygens (including phenoxy) is 1. The van der Waals surface area contributed by atoms with Crippen molar-refractivity contribution in [2.75, 3.05) is 17.2 Å². The van der Waals surface area contributed by atoms with E-state index in [4.69, 9.17) is 4.74 Å². The Morgan fingerprint density at radius 3 is 2.39 bits per heavy atom. The number of hydrogen-bond donors (Lipinski definition) is 3. The molecule has 51 heavy (non-hydrogen) atoms. The SMILES string of the molecule is CCOC(=O)c1c(NC(=O)C(CC)Sc2cccc(NC(=O)/C(=C\c3ccc([N+](=O)[O-])cc3)NC(=O)c3ccccc3)c2)sc2c1CCCCC2. The van der Waals surface area contributed by atoms with Crippen LogP contribution in [-0.4, -0.2) is 40.5 Å². The molecular weight excluding hydrogens is 689 g/mol. The number of amides is 3. The Morgan fingerprint density at radius 1 is 0.941 bits per heavy atom. The van der Waals surface area contributed by atoms with E-state index >= 15 is 0 Å². The number of nitro benzene ring substituents is 1. The number of nitrogens with zero attached hydrogens (tertiary/aromatic N) is 1. The van der Waals surface area contributed by atoms with E-state index in [2.05, 4.69) is 16.0 Å². The van der Waals surface area contributed by atoms with Crippen molar-refractivity contribution in [3.63, 3.8) is 0 Å². The number of esters is 1. The highest BCUT2D eigenvalue weighted by atomic mass is 32.2. The molecule has 0 saturated heterocycles. The van der Waals surface area contributed by atoms with Gasteiger partial charge in [-0.25, -0.2) is 4.79 Å². The molecule has 1 aliphatic carbocycles. The molecule has 1 heterocycles. The van der Waals surface area contributed by atoms with Crippen molar-refractivity contribution in [3.8, 4) is 0 Å². The Balaban J connectivity index is 1.32. The molecule has 264 valence electrons. The van der Waals surface area contributed by atoms with Crippen molar-refractivity contribution in [1.29, 1.82) is 0 Å². The maximum absolute atomic E-state index is 13.6. The minimum atomic E-state index is -0.617. The number of aryl methyl sites for hydroxylation is 1. The predicted molar refractivity (Wildman–Crippen MR) is 200 cm³/mol. The van der Waals surface area contributed by atoms with Crippen LogP contribution in [0.5, 0.6) is 0 Å². The van der Waals surface area contributed by atoms with Crippen LogP contribution in [0.2, 0.25) is 0 Å². The van der Waals surface area contributed by atoms with Crippen LogP contribution < -0.4 is 16.0 Å². The predicted octanol–water partition coefficient (Wildman–Crippen LogP) is 8.02. The van der Waals surface area contributed by atoms with Crippen molar-refractivity contribution in [2.45, 2.75) is 62.5 Å². The fourth-order valence-electron chi connectivity index (χ4n) is 5.58. The van der Waals surface area contributed by atoms with Gasteiger partial charge in [0.15, 0.2) is 0 Å². The first-order valence-corrected chi connectivity index (χ1v) is 18.4. The standard InChI is InChI=1S/C38H38N4O7S2/c1-3-31(36(45)41-37-33(38(46)49-4-2)29-16-9-6-10-17-32(29)51-37)50-28-15-11-14-26(23-28)39-35(44)30(40-34(43)25-12-7-5-8-13-25)22-24-18-20-27(21-19-24)42(47)48/h5,7-8,11-15,18-23,31H,3-4,6,9-10,16-17H2,1-2H3,(H,39,44)(H,40,43)(H,41,45)/b30-22+. The van der Waals surface area contributed by atoms with Gasteiger partial charge in [0.05, 0.1) is 22.3 Å². The highest BCUT2D eigenvalue weighted by Crippen LogP contribution is 2.39. The molecule has 0 fully saturated rings. The Labute approximate surface area is 304 Å². The van der Waals surface area contributed by atoms with Crippen LogP contribution in [0.3, 0.4) is 0 Å². The summed E-state index contributed by atoms with van der Waals surface area (Å²) in [6.07, 6.45) is 6.70. The number of hydrogen-bond acceptors (Lipinski definition) is 9. The van der Waals surface area contributed by atoms with Crippen LogP contribution in [0.1, 0.15) is 76.3 Å². The average Bonchev–Trinajstić information content (AvgIpc) is 3.30. The molecule has 3 N–H and O–H groups in total. The molecule has 0 saturated carbocycles. The second-order valence-corrected chi connectivity index (χ2v) is 14.1. The van der Waals surface area contributed by atoms with E-state index < -0.39 is 28.0 Å². The number of fused-ring (bicyclic) bond motifs is 1. The van der Waals surface area contributed by atoms with Crippen LogP contribution in [0, 0.1) is 10.1 Å². The van der Waals surface area contributed by atoms with Gasteiger partial charge in [-0.2, -0.15) is 0 Å². The molecule has 3 aromatic carbocycles. The van der Waals surface area contributed by atoms with Crippen LogP contribution >= 0.6 is 23.1 Å². The van der Waals surface area contributed by atoms with Gasteiger partial charge in [0.2, 0.25) is 5.91 Å². The van der Waals surface area contributed by atoms with E-state index in [-0.39, 0.29) is 23.9 Å². The summed E-state index contributed by atoms with van der Waals surface area (Å²) < 4.78 is 5.37. The number of nitro groups is 1. The lowest BCUT2D eigenvalue weighted by Gasteiger charge is -2.16. The fourth-order valence-corrected chi connectivity index (χ4v) is 7.87. The van der Waals surface area contributed by atoms with Crippen molar-refractivity contribution in [2.24, 2.45) is 0 Å². The molecule has 1 aliphatic rings. The minimum absolute atomic E-state index is 0.0756. The second-order valence-electron chi connectivity index (χ2n) is 11.7. The number of carbonyl (C=O) groups is 4. The third-order valence-corrected chi connectivity index (χ3v) is 10.7. The normalized spacial score (nSPS) is 13.3. The summed E-state index contributed by atoms with van der Waals surface area (Å²) in [6.45, 7) is 3.91. The largest absolute Gasteiger partial charge is 0.462 e. The van der Waals surface area contributed by atoms with Crippen LogP contribution in [0.4, 0.5) is 16.4 Å². The highest BCUT2D eigenvalue weighted by molar-refractivity contribution is 8.00. The molecule has 1 unspecified atom stereocenters. The topological polar surface area (TPSA) is 157 Å². The third kappa shape index (κ3) is 9.71. The lowest BCUT2D eigenvalue weighted by atomic mass is 10.1. The Kier molecular flexibility index (Phi) is 12.8. The fraction of sp³-hybridized carbons (Fsp3) is 0.263. The first-order chi connectivity index (χ1) is 24.7. The van der Waals surface area contributed by atoms with Gasteiger partial charge >= 0.3 is 5.97 Å². The van der Waals surface area contributed by atoms with Gasteiger partial charge < -0.3 is 20.7 Å². The summed E-state index contributed by atoms with van der Waals surface area (Å²) in [5.74, 6) is -1.78. The number of thiophene rings is 1. The summed E-state index contributed by atoms with van der Waals surface area (Å²) in [5.41, 5.74) is 2.50. The summed E-state index contributed by atoms with van der Waals surface area (Å²) in [6, 6.07) is 21.0. The number of benzene rings is 3. The van der Waals surface area contributed by atoms with Gasteiger partial charge in [0, 0.05) is 33.2 Å².